The molecular weight excluding hydrogens is 315 g/mol. The molecule has 0 spiro atoms. The van der Waals surface area contributed by atoms with E-state index in [2.05, 4.69) is 15.6 Å². The number of halogens is 1. The normalized spacial score (nSPS) is 16.7. The van der Waals surface area contributed by atoms with Crippen LogP contribution in [0.15, 0.2) is 24.3 Å². The van der Waals surface area contributed by atoms with Crippen molar-refractivity contribution in [3.8, 4) is 11.3 Å². The zero-order valence-electron chi connectivity index (χ0n) is 13.4. The molecule has 1 aromatic heterocycles. The number of carbonyl (C=O) groups excluding carboxylic acids is 1. The monoisotopic (exact) mass is 334 g/mol. The molecule has 1 aromatic carbocycles. The fourth-order valence-electron chi connectivity index (χ4n) is 2.56. The van der Waals surface area contributed by atoms with E-state index in [9.17, 15) is 9.18 Å². The molecule has 1 amide bonds. The predicted octanol–water partition coefficient (Wildman–Crippen LogP) is 1.14. The Kier molecular flexibility index (Phi) is 5.17. The Hall–Kier alpha value is -2.32. The second kappa shape index (κ2) is 7.50. The summed E-state index contributed by atoms with van der Waals surface area (Å²) in [6.45, 7) is 1.60. The highest BCUT2D eigenvalue weighted by Gasteiger charge is 2.24. The summed E-state index contributed by atoms with van der Waals surface area (Å²) in [4.78, 5) is 11.6. The molecule has 0 saturated heterocycles. The highest BCUT2D eigenvalue weighted by atomic mass is 19.1. The quantitative estimate of drug-likeness (QED) is 0.857. The Morgan fingerprint density at radius 3 is 3.21 bits per heavy atom. The molecule has 2 aromatic rings. The number of hydrogen-bond acceptors (Lipinski definition) is 5. The molecule has 0 saturated carbocycles. The maximum absolute atomic E-state index is 13.4. The zero-order valence-corrected chi connectivity index (χ0v) is 13.4. The van der Waals surface area contributed by atoms with E-state index in [1.165, 1.54) is 12.1 Å². The number of fused-ring (bicyclic) bond motifs is 1. The third kappa shape index (κ3) is 3.77. The summed E-state index contributed by atoms with van der Waals surface area (Å²) >= 11 is 0. The summed E-state index contributed by atoms with van der Waals surface area (Å²) in [5, 5.41) is 11.1. The van der Waals surface area contributed by atoms with Crippen molar-refractivity contribution < 1.29 is 18.7 Å². The molecule has 1 aliphatic heterocycles. The minimum absolute atomic E-state index is 0.0784. The maximum Gasteiger partial charge on any atom is 0.222 e. The van der Waals surface area contributed by atoms with E-state index in [1.807, 2.05) is 0 Å². The highest BCUT2D eigenvalue weighted by Crippen LogP contribution is 2.25. The lowest BCUT2D eigenvalue weighted by Crippen LogP contribution is -2.39. The van der Waals surface area contributed by atoms with Gasteiger partial charge in [-0.2, -0.15) is 0 Å². The van der Waals surface area contributed by atoms with Gasteiger partial charge < -0.3 is 14.8 Å². The summed E-state index contributed by atoms with van der Waals surface area (Å²) < 4.78 is 25.8. The smallest absolute Gasteiger partial charge is 0.222 e. The van der Waals surface area contributed by atoms with E-state index >= 15 is 0 Å². The lowest BCUT2D eigenvalue weighted by Gasteiger charge is -2.24. The predicted molar refractivity (Wildman–Crippen MR) is 83.5 cm³/mol. The Labute approximate surface area is 138 Å². The number of rotatable bonds is 6. The van der Waals surface area contributed by atoms with Crippen LogP contribution < -0.4 is 5.32 Å². The number of carbonyl (C=O) groups is 1. The van der Waals surface area contributed by atoms with Crippen LogP contribution in [0.2, 0.25) is 0 Å². The second-order valence-electron chi connectivity index (χ2n) is 5.56. The van der Waals surface area contributed by atoms with E-state index in [4.69, 9.17) is 9.47 Å². The van der Waals surface area contributed by atoms with Gasteiger partial charge in [-0.3, -0.25) is 4.79 Å². The molecule has 0 aliphatic carbocycles. The molecule has 0 fully saturated rings. The van der Waals surface area contributed by atoms with Crippen LogP contribution in [0.3, 0.4) is 0 Å². The SMILES string of the molecule is COCCC(=O)NCC1Cn2nnc(-c3cccc(F)c3)c2CO1. The number of hydrogen-bond donors (Lipinski definition) is 1. The standard InChI is InChI=1S/C16H19FN4O3/c1-23-6-5-15(22)18-8-13-9-21-14(10-24-13)16(19-20-21)11-3-2-4-12(17)7-11/h2-4,7,13H,5-6,8-10H2,1H3,(H,18,22). The summed E-state index contributed by atoms with van der Waals surface area (Å²) in [7, 11) is 1.56. The van der Waals surface area contributed by atoms with Crippen molar-refractivity contribution in [3.05, 3.63) is 35.8 Å². The molecule has 0 radical (unpaired) electrons. The maximum atomic E-state index is 13.4. The van der Waals surface area contributed by atoms with E-state index < -0.39 is 0 Å². The average molecular weight is 334 g/mol. The lowest BCUT2D eigenvalue weighted by molar-refractivity contribution is -0.123. The van der Waals surface area contributed by atoms with Gasteiger partial charge in [0.15, 0.2) is 0 Å². The molecule has 1 atom stereocenters. The van der Waals surface area contributed by atoms with Gasteiger partial charge in [-0.25, -0.2) is 9.07 Å². The molecule has 3 rings (SSSR count). The average Bonchev–Trinajstić information content (AvgIpc) is 3.01. The van der Waals surface area contributed by atoms with Crippen molar-refractivity contribution in [3.63, 3.8) is 0 Å². The van der Waals surface area contributed by atoms with Crippen molar-refractivity contribution in [2.75, 3.05) is 20.3 Å². The van der Waals surface area contributed by atoms with Crippen molar-refractivity contribution in [2.24, 2.45) is 0 Å². The van der Waals surface area contributed by atoms with Crippen LogP contribution >= 0.6 is 0 Å². The van der Waals surface area contributed by atoms with Gasteiger partial charge in [0.1, 0.15) is 11.5 Å². The molecule has 0 bridgehead atoms. The third-order valence-corrected chi connectivity index (χ3v) is 3.83. The molecule has 8 heteroatoms. The summed E-state index contributed by atoms with van der Waals surface area (Å²) in [5.41, 5.74) is 2.10. The first-order chi connectivity index (χ1) is 11.7. The largest absolute Gasteiger partial charge is 0.384 e. The van der Waals surface area contributed by atoms with Crippen molar-refractivity contribution in [1.29, 1.82) is 0 Å². The number of nitrogens with zero attached hydrogens (tertiary/aromatic N) is 3. The van der Waals surface area contributed by atoms with Crippen LogP contribution in [0.25, 0.3) is 11.3 Å². The fraction of sp³-hybridized carbons (Fsp3) is 0.438. The third-order valence-electron chi connectivity index (χ3n) is 3.83. The molecule has 1 N–H and O–H groups in total. The van der Waals surface area contributed by atoms with E-state index in [0.29, 0.717) is 44.0 Å². The number of amides is 1. The Morgan fingerprint density at radius 1 is 1.54 bits per heavy atom. The molecule has 24 heavy (non-hydrogen) atoms. The first kappa shape index (κ1) is 16.5. The van der Waals surface area contributed by atoms with Gasteiger partial charge in [0.2, 0.25) is 5.91 Å². The van der Waals surface area contributed by atoms with Gasteiger partial charge >= 0.3 is 0 Å². The minimum atomic E-state index is -0.317. The van der Waals surface area contributed by atoms with Crippen LogP contribution in [0.5, 0.6) is 0 Å². The van der Waals surface area contributed by atoms with Crippen LogP contribution in [0.1, 0.15) is 12.1 Å². The van der Waals surface area contributed by atoms with Gasteiger partial charge in [0.05, 0.1) is 31.6 Å². The lowest BCUT2D eigenvalue weighted by atomic mass is 10.1. The van der Waals surface area contributed by atoms with E-state index in [1.54, 1.807) is 23.9 Å². The summed E-state index contributed by atoms with van der Waals surface area (Å²) in [6.07, 6.45) is 0.146. The number of benzene rings is 1. The van der Waals surface area contributed by atoms with Crippen molar-refractivity contribution >= 4 is 5.91 Å². The summed E-state index contributed by atoms with van der Waals surface area (Å²) in [6, 6.07) is 6.24. The Bertz CT molecular complexity index is 719. The molecule has 7 nitrogen and oxygen atoms in total. The second-order valence-corrected chi connectivity index (χ2v) is 5.56. The first-order valence-corrected chi connectivity index (χ1v) is 7.73. The topological polar surface area (TPSA) is 78.3 Å². The minimum Gasteiger partial charge on any atom is -0.384 e. The summed E-state index contributed by atoms with van der Waals surface area (Å²) in [5.74, 6) is -0.395. The van der Waals surface area contributed by atoms with Crippen LogP contribution in [-0.4, -0.2) is 47.3 Å². The molecule has 1 unspecified atom stereocenters. The number of nitrogens with one attached hydrogen (secondary N) is 1. The van der Waals surface area contributed by atoms with E-state index in [0.717, 1.165) is 5.69 Å². The van der Waals surface area contributed by atoms with Crippen LogP contribution in [0, 0.1) is 5.82 Å². The van der Waals surface area contributed by atoms with Crippen molar-refractivity contribution in [2.45, 2.75) is 25.7 Å². The highest BCUT2D eigenvalue weighted by molar-refractivity contribution is 5.75. The van der Waals surface area contributed by atoms with Gasteiger partial charge in [-0.15, -0.1) is 5.10 Å². The van der Waals surface area contributed by atoms with Gasteiger partial charge in [0.25, 0.3) is 0 Å². The van der Waals surface area contributed by atoms with Crippen LogP contribution in [-0.2, 0) is 27.4 Å². The molecule has 1 aliphatic rings. The van der Waals surface area contributed by atoms with Gasteiger partial charge in [0, 0.05) is 25.6 Å². The van der Waals surface area contributed by atoms with Crippen LogP contribution in [0.4, 0.5) is 4.39 Å². The van der Waals surface area contributed by atoms with Crippen molar-refractivity contribution in [1.82, 2.24) is 20.3 Å². The number of aromatic nitrogens is 3. The Balaban J connectivity index is 1.62. The fourth-order valence-corrected chi connectivity index (χ4v) is 2.56. The Morgan fingerprint density at radius 2 is 2.42 bits per heavy atom. The number of methoxy groups -OCH3 is 1. The zero-order chi connectivity index (χ0) is 16.9. The van der Waals surface area contributed by atoms with Gasteiger partial charge in [-0.1, -0.05) is 17.3 Å². The molecule has 2 heterocycles. The number of ether oxygens (including phenoxy) is 2. The molecular formula is C16H19FN4O3. The van der Waals surface area contributed by atoms with E-state index in [-0.39, 0.29) is 17.8 Å². The first-order valence-electron chi connectivity index (χ1n) is 7.73. The molecule has 128 valence electrons. The van der Waals surface area contributed by atoms with Gasteiger partial charge in [-0.05, 0) is 12.1 Å².